The normalized spacial score (nSPS) is 20.8. The lowest BCUT2D eigenvalue weighted by atomic mass is 9.88. The van der Waals surface area contributed by atoms with Crippen molar-refractivity contribution >= 4 is 21.8 Å². The molecule has 2 rings (SSSR count). The van der Waals surface area contributed by atoms with Gasteiger partial charge in [0.2, 0.25) is 21.8 Å². The molecule has 8 heteroatoms. The number of hydrogen-bond acceptors (Lipinski definition) is 4. The molecule has 0 N–H and O–H groups in total. The number of hydrogen-bond donors (Lipinski definition) is 0. The second-order valence-corrected chi connectivity index (χ2v) is 8.65. The van der Waals surface area contributed by atoms with Crippen molar-refractivity contribution in [2.75, 3.05) is 46.0 Å². The van der Waals surface area contributed by atoms with Crippen molar-refractivity contribution in [2.45, 2.75) is 32.1 Å². The van der Waals surface area contributed by atoms with Crippen LogP contribution in [-0.4, -0.2) is 80.4 Å². The topological polar surface area (TPSA) is 78.0 Å². The number of rotatable bonds is 4. The van der Waals surface area contributed by atoms with Crippen molar-refractivity contribution < 1.29 is 18.0 Å². The second kappa shape index (κ2) is 7.61. The number of piperazine rings is 1. The van der Waals surface area contributed by atoms with E-state index >= 15 is 0 Å². The summed E-state index contributed by atoms with van der Waals surface area (Å²) < 4.78 is 23.8. The van der Waals surface area contributed by atoms with Crippen LogP contribution in [0.1, 0.15) is 32.1 Å². The molecule has 0 spiro atoms. The monoisotopic (exact) mass is 345 g/mol. The Morgan fingerprint density at radius 2 is 1.52 bits per heavy atom. The zero-order chi connectivity index (χ0) is 17.0. The lowest BCUT2D eigenvalue weighted by molar-refractivity contribution is -0.142. The predicted molar refractivity (Wildman–Crippen MR) is 87.2 cm³/mol. The van der Waals surface area contributed by atoms with Gasteiger partial charge in [-0.25, -0.2) is 8.42 Å². The van der Waals surface area contributed by atoms with Crippen LogP contribution in [0.5, 0.6) is 0 Å². The number of nitrogens with zero attached hydrogens (tertiary/aromatic N) is 3. The lowest BCUT2D eigenvalue weighted by Crippen LogP contribution is -2.53. The molecule has 2 fully saturated rings. The highest BCUT2D eigenvalue weighted by atomic mass is 32.2. The number of carbonyl (C=O) groups excluding carboxylic acids is 2. The van der Waals surface area contributed by atoms with Crippen molar-refractivity contribution in [2.24, 2.45) is 5.92 Å². The molecule has 0 aromatic heterocycles. The highest BCUT2D eigenvalue weighted by molar-refractivity contribution is 7.88. The van der Waals surface area contributed by atoms with Gasteiger partial charge in [-0.15, -0.1) is 0 Å². The van der Waals surface area contributed by atoms with E-state index in [1.165, 1.54) is 13.5 Å². The summed E-state index contributed by atoms with van der Waals surface area (Å²) in [7, 11) is -1.96. The smallest absolute Gasteiger partial charge is 0.238 e. The summed E-state index contributed by atoms with van der Waals surface area (Å²) in [5, 5.41) is 0. The molecule has 1 aliphatic carbocycles. The third kappa shape index (κ3) is 4.91. The van der Waals surface area contributed by atoms with Crippen LogP contribution in [0.25, 0.3) is 0 Å². The van der Waals surface area contributed by atoms with Crippen LogP contribution in [0.15, 0.2) is 0 Å². The van der Waals surface area contributed by atoms with E-state index in [0.29, 0.717) is 26.2 Å². The fourth-order valence-electron chi connectivity index (χ4n) is 3.19. The van der Waals surface area contributed by atoms with E-state index in [0.717, 1.165) is 36.2 Å². The molecule has 0 unspecified atom stereocenters. The van der Waals surface area contributed by atoms with Crippen LogP contribution in [-0.2, 0) is 19.6 Å². The third-order valence-electron chi connectivity index (χ3n) is 4.82. The molecule has 1 heterocycles. The molecule has 2 aliphatic rings. The van der Waals surface area contributed by atoms with Crippen LogP contribution < -0.4 is 0 Å². The van der Waals surface area contributed by atoms with Gasteiger partial charge in [0.1, 0.15) is 0 Å². The Bertz CT molecular complexity index is 535. The van der Waals surface area contributed by atoms with E-state index < -0.39 is 10.0 Å². The highest BCUT2D eigenvalue weighted by Gasteiger charge is 2.30. The standard InChI is InChI=1S/C15H27N3O4S/c1-16(23(2,21)22)12-14(19)17-8-10-18(11-9-17)15(20)13-6-4-3-5-7-13/h13H,3-12H2,1-2H3. The van der Waals surface area contributed by atoms with Gasteiger partial charge in [-0.1, -0.05) is 19.3 Å². The van der Waals surface area contributed by atoms with Crippen LogP contribution in [0.2, 0.25) is 0 Å². The summed E-state index contributed by atoms with van der Waals surface area (Å²) in [6.07, 6.45) is 6.54. The first kappa shape index (κ1) is 18.2. The van der Waals surface area contributed by atoms with Crippen LogP contribution in [0, 0.1) is 5.92 Å². The highest BCUT2D eigenvalue weighted by Crippen LogP contribution is 2.25. The molecule has 132 valence electrons. The molecule has 2 amide bonds. The Balaban J connectivity index is 1.81. The Hall–Kier alpha value is -1.15. The number of amides is 2. The lowest BCUT2D eigenvalue weighted by Gasteiger charge is -2.37. The van der Waals surface area contributed by atoms with Gasteiger partial charge in [0.25, 0.3) is 0 Å². The van der Waals surface area contributed by atoms with E-state index in [1.807, 2.05) is 4.90 Å². The van der Waals surface area contributed by atoms with Gasteiger partial charge in [0.05, 0.1) is 12.8 Å². The summed E-state index contributed by atoms with van der Waals surface area (Å²) in [6.45, 7) is 1.91. The predicted octanol–water partition coefficient (Wildman–Crippen LogP) is 0.129. The molecular formula is C15H27N3O4S. The molecular weight excluding hydrogens is 318 g/mol. The quantitative estimate of drug-likeness (QED) is 0.725. The maximum absolute atomic E-state index is 12.5. The average molecular weight is 345 g/mol. The Morgan fingerprint density at radius 1 is 1.00 bits per heavy atom. The largest absolute Gasteiger partial charge is 0.339 e. The van der Waals surface area contributed by atoms with Gasteiger partial charge < -0.3 is 9.80 Å². The minimum Gasteiger partial charge on any atom is -0.339 e. The van der Waals surface area contributed by atoms with E-state index in [1.54, 1.807) is 4.90 Å². The van der Waals surface area contributed by atoms with Gasteiger partial charge in [0, 0.05) is 39.1 Å². The van der Waals surface area contributed by atoms with Crippen molar-refractivity contribution in [1.82, 2.24) is 14.1 Å². The van der Waals surface area contributed by atoms with Crippen LogP contribution >= 0.6 is 0 Å². The summed E-state index contributed by atoms with van der Waals surface area (Å²) >= 11 is 0. The van der Waals surface area contributed by atoms with Crippen molar-refractivity contribution in [1.29, 1.82) is 0 Å². The van der Waals surface area contributed by atoms with Crippen molar-refractivity contribution in [3.8, 4) is 0 Å². The molecule has 0 aromatic carbocycles. The number of carbonyl (C=O) groups is 2. The Morgan fingerprint density at radius 3 is 2.04 bits per heavy atom. The van der Waals surface area contributed by atoms with Gasteiger partial charge >= 0.3 is 0 Å². The SMILES string of the molecule is CN(CC(=O)N1CCN(C(=O)C2CCCCC2)CC1)S(C)(=O)=O. The summed E-state index contributed by atoms with van der Waals surface area (Å²) in [4.78, 5) is 28.1. The molecule has 1 saturated carbocycles. The van der Waals surface area contributed by atoms with E-state index in [2.05, 4.69) is 0 Å². The molecule has 1 saturated heterocycles. The van der Waals surface area contributed by atoms with Crippen LogP contribution in [0.3, 0.4) is 0 Å². The molecule has 7 nitrogen and oxygen atoms in total. The Kier molecular flexibility index (Phi) is 6.02. The minimum atomic E-state index is -3.35. The zero-order valence-corrected chi connectivity index (χ0v) is 14.8. The number of likely N-dealkylation sites (N-methyl/N-ethyl adjacent to an activating group) is 1. The summed E-state index contributed by atoms with van der Waals surface area (Å²) in [5.41, 5.74) is 0. The van der Waals surface area contributed by atoms with Gasteiger partial charge in [-0.3, -0.25) is 9.59 Å². The Labute approximate surface area is 138 Å². The van der Waals surface area contributed by atoms with E-state index in [-0.39, 0.29) is 24.3 Å². The number of sulfonamides is 1. The maximum Gasteiger partial charge on any atom is 0.238 e. The second-order valence-electron chi connectivity index (χ2n) is 6.56. The zero-order valence-electron chi connectivity index (χ0n) is 14.0. The third-order valence-corrected chi connectivity index (χ3v) is 6.08. The van der Waals surface area contributed by atoms with E-state index in [9.17, 15) is 18.0 Å². The average Bonchev–Trinajstić information content (AvgIpc) is 2.54. The van der Waals surface area contributed by atoms with E-state index in [4.69, 9.17) is 0 Å². The van der Waals surface area contributed by atoms with Crippen molar-refractivity contribution in [3.05, 3.63) is 0 Å². The minimum absolute atomic E-state index is 0.143. The maximum atomic E-state index is 12.5. The van der Waals surface area contributed by atoms with Gasteiger partial charge in [-0.05, 0) is 12.8 Å². The first-order valence-electron chi connectivity index (χ1n) is 8.27. The molecule has 1 aliphatic heterocycles. The first-order valence-corrected chi connectivity index (χ1v) is 10.1. The molecule has 0 aromatic rings. The molecule has 0 radical (unpaired) electrons. The molecule has 23 heavy (non-hydrogen) atoms. The first-order chi connectivity index (χ1) is 10.8. The molecule has 0 atom stereocenters. The fraction of sp³-hybridized carbons (Fsp3) is 0.867. The fourth-order valence-corrected chi connectivity index (χ4v) is 3.54. The van der Waals surface area contributed by atoms with Crippen LogP contribution in [0.4, 0.5) is 0 Å². The van der Waals surface area contributed by atoms with Crippen molar-refractivity contribution in [3.63, 3.8) is 0 Å². The van der Waals surface area contributed by atoms with Gasteiger partial charge in [0.15, 0.2) is 0 Å². The summed E-state index contributed by atoms with van der Waals surface area (Å²) in [5.74, 6) is 0.176. The molecule has 0 bridgehead atoms. The summed E-state index contributed by atoms with van der Waals surface area (Å²) in [6, 6.07) is 0. The van der Waals surface area contributed by atoms with Gasteiger partial charge in [-0.2, -0.15) is 4.31 Å².